The zero-order valence-electron chi connectivity index (χ0n) is 22.4. The van der Waals surface area contributed by atoms with Crippen molar-refractivity contribution in [2.24, 2.45) is 10.8 Å². The molecule has 2 saturated carbocycles. The van der Waals surface area contributed by atoms with Crippen LogP contribution in [0.1, 0.15) is 61.4 Å². The molecule has 1 spiro atoms. The number of nitrogen functional groups attached to an aromatic ring is 1. The van der Waals surface area contributed by atoms with Crippen molar-refractivity contribution >= 4 is 27.5 Å². The highest BCUT2D eigenvalue weighted by Gasteiger charge is 2.69. The fraction of sp³-hybridized carbons (Fsp3) is 0.464. The van der Waals surface area contributed by atoms with Crippen molar-refractivity contribution in [2.45, 2.75) is 52.0 Å². The Morgan fingerprint density at radius 3 is 2.41 bits per heavy atom. The van der Waals surface area contributed by atoms with E-state index in [1.807, 2.05) is 13.8 Å². The number of halogens is 3. The lowest BCUT2D eigenvalue weighted by Crippen LogP contribution is -2.37. The summed E-state index contributed by atoms with van der Waals surface area (Å²) in [6.07, 6.45) is 5.93. The maximum Gasteiger partial charge on any atom is 0.251 e. The van der Waals surface area contributed by atoms with Crippen molar-refractivity contribution in [3.05, 3.63) is 51.6 Å². The summed E-state index contributed by atoms with van der Waals surface area (Å²) < 4.78 is 41.0. The topological polar surface area (TPSA) is 104 Å². The number of nitrogens with two attached hydrogens (primary N) is 1. The molecule has 1 atom stereocenters. The lowest BCUT2D eigenvalue weighted by Gasteiger charge is -2.33. The minimum atomic E-state index is -0.871. The number of benzene rings is 2. The number of ether oxygens (including phenoxy) is 2. The van der Waals surface area contributed by atoms with Gasteiger partial charge in [-0.1, -0.05) is 25.5 Å². The molecule has 1 heterocycles. The molecule has 5 rings (SSSR count). The molecule has 0 bridgehead atoms. The van der Waals surface area contributed by atoms with Crippen LogP contribution in [0.4, 0.5) is 14.5 Å². The highest BCUT2D eigenvalue weighted by Crippen LogP contribution is 2.74. The summed E-state index contributed by atoms with van der Waals surface area (Å²) in [6.45, 7) is 5.06. The lowest BCUT2D eigenvalue weighted by atomic mass is 9.75. The molecule has 1 amide bonds. The normalized spacial score (nSPS) is 19.2. The molecule has 2 aliphatic rings. The summed E-state index contributed by atoms with van der Waals surface area (Å²) in [4.78, 5) is 13.3. The predicted molar refractivity (Wildman–Crippen MR) is 147 cm³/mol. The van der Waals surface area contributed by atoms with Gasteiger partial charge in [0.05, 0.1) is 37.1 Å². The summed E-state index contributed by atoms with van der Waals surface area (Å²) in [5.41, 5.74) is 7.45. The van der Waals surface area contributed by atoms with Gasteiger partial charge in [-0.3, -0.25) is 9.48 Å². The number of methoxy groups -OCH3 is 2. The Labute approximate surface area is 234 Å². The third-order valence-corrected chi connectivity index (χ3v) is 9.16. The summed E-state index contributed by atoms with van der Waals surface area (Å²) in [7, 11) is 3.16. The molecule has 1 aromatic heterocycles. The van der Waals surface area contributed by atoms with Crippen LogP contribution in [0.25, 0.3) is 11.3 Å². The van der Waals surface area contributed by atoms with Gasteiger partial charge in [0.25, 0.3) is 5.91 Å². The maximum atomic E-state index is 14.3. The molecular weight excluding hydrogens is 572 g/mol. The summed E-state index contributed by atoms with van der Waals surface area (Å²) in [5.74, 6) is -0.466. The second kappa shape index (κ2) is 10.1. The van der Waals surface area contributed by atoms with Crippen LogP contribution in [0.15, 0.2) is 28.9 Å². The van der Waals surface area contributed by atoms with Gasteiger partial charge in [0.2, 0.25) is 0 Å². The minimum Gasteiger partial charge on any atom is -0.496 e. The number of carbonyl (C=O) groups excluding carboxylic acids is 1. The minimum absolute atomic E-state index is 0.142. The molecule has 1 unspecified atom stereocenters. The lowest BCUT2D eigenvalue weighted by molar-refractivity contribution is 0.0923. The van der Waals surface area contributed by atoms with E-state index in [-0.39, 0.29) is 44.1 Å². The van der Waals surface area contributed by atoms with E-state index < -0.39 is 11.6 Å². The quantitative estimate of drug-likeness (QED) is 0.240. The van der Waals surface area contributed by atoms with Crippen molar-refractivity contribution in [2.75, 3.05) is 26.5 Å². The number of amides is 1. The number of nitrogens with one attached hydrogen (secondary N) is 1. The van der Waals surface area contributed by atoms with Crippen molar-refractivity contribution in [3.63, 3.8) is 0 Å². The number of hydrogen-bond acceptors (Lipinski definition) is 6. The van der Waals surface area contributed by atoms with E-state index in [4.69, 9.17) is 15.2 Å². The fourth-order valence-electron chi connectivity index (χ4n) is 6.06. The first kappa shape index (κ1) is 27.4. The number of anilines is 1. The van der Waals surface area contributed by atoms with E-state index in [2.05, 4.69) is 31.6 Å². The second-order valence-corrected chi connectivity index (χ2v) is 11.8. The van der Waals surface area contributed by atoms with Gasteiger partial charge in [-0.2, -0.15) is 0 Å². The van der Waals surface area contributed by atoms with Gasteiger partial charge < -0.3 is 20.5 Å². The Morgan fingerprint density at radius 2 is 1.87 bits per heavy atom. The Hall–Kier alpha value is -3.21. The molecule has 8 nitrogen and oxygen atoms in total. The van der Waals surface area contributed by atoms with Gasteiger partial charge >= 0.3 is 0 Å². The summed E-state index contributed by atoms with van der Waals surface area (Å²) >= 11 is 2.87. The zero-order valence-corrected chi connectivity index (χ0v) is 24.0. The largest absolute Gasteiger partial charge is 0.496 e. The van der Waals surface area contributed by atoms with Gasteiger partial charge in [0.15, 0.2) is 5.82 Å². The zero-order chi connectivity index (χ0) is 28.1. The Morgan fingerprint density at radius 1 is 1.21 bits per heavy atom. The first-order valence-electron chi connectivity index (χ1n) is 12.9. The molecule has 2 aromatic carbocycles. The number of hydrogen-bond donors (Lipinski definition) is 2. The van der Waals surface area contributed by atoms with E-state index in [0.717, 1.165) is 37.3 Å². The van der Waals surface area contributed by atoms with Gasteiger partial charge in [0.1, 0.15) is 23.0 Å². The van der Waals surface area contributed by atoms with Gasteiger partial charge in [0, 0.05) is 28.7 Å². The number of carbonyl (C=O) groups is 1. The molecule has 3 aromatic rings. The first-order chi connectivity index (χ1) is 18.5. The van der Waals surface area contributed by atoms with E-state index in [1.54, 1.807) is 37.2 Å². The number of rotatable bonds is 9. The predicted octanol–water partition coefficient (Wildman–Crippen LogP) is 5.70. The molecule has 208 valence electrons. The molecule has 2 fully saturated rings. The molecular formula is C28H32BrF2N5O3. The van der Waals surface area contributed by atoms with Crippen LogP contribution >= 0.6 is 15.9 Å². The highest BCUT2D eigenvalue weighted by atomic mass is 79.9. The fourth-order valence-corrected chi connectivity index (χ4v) is 6.39. The average molecular weight is 604 g/mol. The highest BCUT2D eigenvalue weighted by molar-refractivity contribution is 9.10. The van der Waals surface area contributed by atoms with Crippen LogP contribution in [0.3, 0.4) is 0 Å². The van der Waals surface area contributed by atoms with E-state index in [0.29, 0.717) is 30.2 Å². The first-order valence-corrected chi connectivity index (χ1v) is 13.7. The standard InChI is InChI=1S/C28H32BrF2N5O3/c1-15(2)22-20(38-3)8-16(9-21(22)39-4)26(37)33-13-28(12-27(28)6-5-7-27)14-36-11-19(34-35-36)17-10-18(30)23(29)24(31)25(17)32/h8-11,15H,5-7,12-14,32H2,1-4H3,(H,33,37). The van der Waals surface area contributed by atoms with Crippen molar-refractivity contribution in [1.82, 2.24) is 20.3 Å². The third-order valence-electron chi connectivity index (χ3n) is 8.44. The van der Waals surface area contributed by atoms with Crippen LogP contribution in [0.5, 0.6) is 11.5 Å². The Kier molecular flexibility index (Phi) is 7.07. The van der Waals surface area contributed by atoms with Gasteiger partial charge in [-0.05, 0) is 64.7 Å². The number of nitrogens with zero attached hydrogens (tertiary/aromatic N) is 3. The average Bonchev–Trinajstić information content (AvgIpc) is 3.36. The van der Waals surface area contributed by atoms with Gasteiger partial charge in [-0.25, -0.2) is 8.78 Å². The number of aromatic nitrogens is 3. The molecule has 0 saturated heterocycles. The molecule has 39 heavy (non-hydrogen) atoms. The Bertz CT molecular complexity index is 1410. The van der Waals surface area contributed by atoms with E-state index in [1.165, 1.54) is 0 Å². The molecule has 3 N–H and O–H groups in total. The Balaban J connectivity index is 1.36. The van der Waals surface area contributed by atoms with Gasteiger partial charge in [-0.15, -0.1) is 5.10 Å². The maximum absolute atomic E-state index is 14.3. The summed E-state index contributed by atoms with van der Waals surface area (Å²) in [5, 5.41) is 11.5. The molecule has 0 radical (unpaired) electrons. The monoisotopic (exact) mass is 603 g/mol. The molecule has 2 aliphatic carbocycles. The second-order valence-electron chi connectivity index (χ2n) is 11.0. The third kappa shape index (κ3) is 4.64. The van der Waals surface area contributed by atoms with Crippen LogP contribution in [0, 0.1) is 22.5 Å². The van der Waals surface area contributed by atoms with Crippen molar-refractivity contribution in [1.29, 1.82) is 0 Å². The van der Waals surface area contributed by atoms with E-state index >= 15 is 0 Å². The molecule has 0 aliphatic heterocycles. The van der Waals surface area contributed by atoms with Crippen LogP contribution in [-0.2, 0) is 6.54 Å². The SMILES string of the molecule is COc1cc(C(=O)NCC2(Cn3cc(-c4cc(F)c(Br)c(F)c4N)nn3)CC23CCC3)cc(OC)c1C(C)C. The smallest absolute Gasteiger partial charge is 0.251 e. The van der Waals surface area contributed by atoms with Crippen molar-refractivity contribution < 1.29 is 23.0 Å². The van der Waals surface area contributed by atoms with E-state index in [9.17, 15) is 13.6 Å². The van der Waals surface area contributed by atoms with Crippen LogP contribution in [0.2, 0.25) is 0 Å². The van der Waals surface area contributed by atoms with Crippen LogP contribution in [-0.4, -0.2) is 41.7 Å². The molecule has 11 heteroatoms. The van der Waals surface area contributed by atoms with Crippen molar-refractivity contribution in [3.8, 4) is 22.8 Å². The van der Waals surface area contributed by atoms with Crippen LogP contribution < -0.4 is 20.5 Å². The summed E-state index contributed by atoms with van der Waals surface area (Å²) in [6, 6.07) is 4.64.